The van der Waals surface area contributed by atoms with Crippen molar-refractivity contribution in [3.63, 3.8) is 0 Å². The number of hydrogen-bond donors (Lipinski definition) is 0. The van der Waals surface area contributed by atoms with Crippen molar-refractivity contribution in [2.45, 2.75) is 0 Å². The molecular weight excluding hydrogens is 583 g/mol. The average molecular weight is 612 g/mol. The highest BCUT2D eigenvalue weighted by molar-refractivity contribution is 6.20. The summed E-state index contributed by atoms with van der Waals surface area (Å²) in [5, 5.41) is 12.2. The Kier molecular flexibility index (Phi) is 5.91. The lowest BCUT2D eigenvalue weighted by atomic mass is 9.95. The minimum atomic E-state index is 0.914. The van der Waals surface area contributed by atoms with E-state index in [1.54, 1.807) is 0 Å². The Morgan fingerprint density at radius 1 is 0.354 bits per heavy atom. The van der Waals surface area contributed by atoms with Crippen LogP contribution in [-0.2, 0) is 0 Å². The minimum Gasteiger partial charge on any atom is -0.456 e. The average Bonchev–Trinajstić information content (AvgIpc) is 3.51. The molecule has 0 N–H and O–H groups in total. The Balaban J connectivity index is 1.22. The number of para-hydroxylation sites is 2. The van der Waals surface area contributed by atoms with Gasteiger partial charge in [-0.15, -0.1) is 0 Å². The van der Waals surface area contributed by atoms with E-state index in [0.29, 0.717) is 0 Å². The van der Waals surface area contributed by atoms with Crippen LogP contribution in [0.15, 0.2) is 180 Å². The normalized spacial score (nSPS) is 11.8. The lowest BCUT2D eigenvalue weighted by molar-refractivity contribution is 0.669. The summed E-state index contributed by atoms with van der Waals surface area (Å²) >= 11 is 0. The monoisotopic (exact) mass is 611 g/mol. The van der Waals surface area contributed by atoms with Crippen LogP contribution < -0.4 is 4.90 Å². The van der Waals surface area contributed by atoms with Gasteiger partial charge in [0.25, 0.3) is 0 Å². The van der Waals surface area contributed by atoms with Crippen molar-refractivity contribution in [1.29, 1.82) is 0 Å². The van der Waals surface area contributed by atoms with E-state index in [4.69, 9.17) is 4.42 Å². The highest BCUT2D eigenvalue weighted by atomic mass is 16.3. The standard InChI is InChI=1S/C46H29NO/c1-2-10-30(11-3-1)38-13-6-8-16-43(38)47(36-23-22-33-29-45-42(28-35(33)27-36)41-15-7-9-17-44(41)48-45)37-24-25-40-34(26-37)21-20-32-19-18-31-12-4-5-14-39(31)46(32)40/h1-29H. The lowest BCUT2D eigenvalue weighted by Gasteiger charge is -2.28. The highest BCUT2D eigenvalue weighted by Gasteiger charge is 2.19. The van der Waals surface area contributed by atoms with Gasteiger partial charge in [0.2, 0.25) is 0 Å². The van der Waals surface area contributed by atoms with E-state index in [9.17, 15) is 0 Å². The molecule has 2 nitrogen and oxygen atoms in total. The summed E-state index contributed by atoms with van der Waals surface area (Å²) in [6.07, 6.45) is 0. The second-order valence-corrected chi connectivity index (χ2v) is 12.6. The molecule has 0 aliphatic carbocycles. The molecule has 0 bridgehead atoms. The molecule has 1 aromatic heterocycles. The van der Waals surface area contributed by atoms with E-state index < -0.39 is 0 Å². The Labute approximate surface area is 277 Å². The van der Waals surface area contributed by atoms with Gasteiger partial charge in [-0.05, 0) is 97.2 Å². The molecule has 0 radical (unpaired) electrons. The summed E-state index contributed by atoms with van der Waals surface area (Å²) in [7, 11) is 0. The first-order valence-corrected chi connectivity index (χ1v) is 16.4. The number of furan rings is 1. The van der Waals surface area contributed by atoms with Crippen molar-refractivity contribution in [3.8, 4) is 11.1 Å². The fourth-order valence-electron chi connectivity index (χ4n) is 7.51. The van der Waals surface area contributed by atoms with Gasteiger partial charge >= 0.3 is 0 Å². The highest BCUT2D eigenvalue weighted by Crippen LogP contribution is 2.44. The zero-order valence-corrected chi connectivity index (χ0v) is 26.1. The minimum absolute atomic E-state index is 0.914. The van der Waals surface area contributed by atoms with Crippen molar-refractivity contribution in [2.75, 3.05) is 4.90 Å². The van der Waals surface area contributed by atoms with Crippen LogP contribution in [0.2, 0.25) is 0 Å². The quantitative estimate of drug-likeness (QED) is 0.184. The summed E-state index contributed by atoms with van der Waals surface area (Å²) in [4.78, 5) is 2.41. The van der Waals surface area contributed by atoms with Gasteiger partial charge in [0.15, 0.2) is 0 Å². The molecule has 48 heavy (non-hydrogen) atoms. The van der Waals surface area contributed by atoms with Gasteiger partial charge in [-0.1, -0.05) is 127 Å². The van der Waals surface area contributed by atoms with Crippen LogP contribution in [0.3, 0.4) is 0 Å². The largest absolute Gasteiger partial charge is 0.456 e. The van der Waals surface area contributed by atoms with E-state index in [1.807, 2.05) is 12.1 Å². The molecule has 0 amide bonds. The van der Waals surface area contributed by atoms with Crippen molar-refractivity contribution in [2.24, 2.45) is 0 Å². The van der Waals surface area contributed by atoms with Gasteiger partial charge < -0.3 is 9.32 Å². The van der Waals surface area contributed by atoms with Gasteiger partial charge in [-0.2, -0.15) is 0 Å². The van der Waals surface area contributed by atoms with Crippen LogP contribution >= 0.6 is 0 Å². The molecule has 10 rings (SSSR count). The third-order valence-corrected chi connectivity index (χ3v) is 9.77. The molecule has 0 aliphatic rings. The van der Waals surface area contributed by atoms with E-state index in [1.165, 1.54) is 48.8 Å². The zero-order valence-electron chi connectivity index (χ0n) is 26.1. The number of rotatable bonds is 4. The van der Waals surface area contributed by atoms with E-state index in [0.717, 1.165) is 44.4 Å². The second kappa shape index (κ2) is 10.6. The van der Waals surface area contributed by atoms with Crippen LogP contribution in [0, 0.1) is 0 Å². The summed E-state index contributed by atoms with van der Waals surface area (Å²) in [6.45, 7) is 0. The fourth-order valence-corrected chi connectivity index (χ4v) is 7.51. The third kappa shape index (κ3) is 4.20. The van der Waals surface area contributed by atoms with Gasteiger partial charge in [0, 0.05) is 27.7 Å². The van der Waals surface area contributed by atoms with Crippen LogP contribution in [0.4, 0.5) is 17.1 Å². The number of benzene rings is 9. The molecule has 9 aromatic carbocycles. The fraction of sp³-hybridized carbons (Fsp3) is 0. The first-order chi connectivity index (χ1) is 23.8. The Bertz CT molecular complexity index is 2850. The number of fused-ring (bicyclic) bond motifs is 9. The summed E-state index contributed by atoms with van der Waals surface area (Å²) in [5.41, 5.74) is 7.53. The smallest absolute Gasteiger partial charge is 0.136 e. The molecule has 0 atom stereocenters. The van der Waals surface area contributed by atoms with Gasteiger partial charge in [0.1, 0.15) is 11.2 Å². The predicted molar refractivity (Wildman–Crippen MR) is 204 cm³/mol. The van der Waals surface area contributed by atoms with Crippen molar-refractivity contribution < 1.29 is 4.42 Å². The second-order valence-electron chi connectivity index (χ2n) is 12.6. The maximum atomic E-state index is 6.23. The molecule has 1 heterocycles. The van der Waals surface area contributed by atoms with Gasteiger partial charge in [-0.3, -0.25) is 0 Å². The molecule has 0 unspecified atom stereocenters. The van der Waals surface area contributed by atoms with Crippen LogP contribution in [0.25, 0.3) is 76.2 Å². The van der Waals surface area contributed by atoms with E-state index in [-0.39, 0.29) is 0 Å². The van der Waals surface area contributed by atoms with Crippen molar-refractivity contribution in [3.05, 3.63) is 176 Å². The lowest BCUT2D eigenvalue weighted by Crippen LogP contribution is -2.11. The SMILES string of the molecule is c1ccc(-c2ccccc2N(c2ccc3cc4oc5ccccc5c4cc3c2)c2ccc3c(ccc4ccc5ccccc5c43)c2)cc1. The molecule has 0 saturated carbocycles. The van der Waals surface area contributed by atoms with Crippen molar-refractivity contribution >= 4 is 82.1 Å². The van der Waals surface area contributed by atoms with Gasteiger partial charge in [0.05, 0.1) is 5.69 Å². The molecule has 0 spiro atoms. The Morgan fingerprint density at radius 3 is 1.90 bits per heavy atom. The molecule has 224 valence electrons. The zero-order chi connectivity index (χ0) is 31.6. The molecule has 10 aromatic rings. The number of anilines is 3. The van der Waals surface area contributed by atoms with E-state index >= 15 is 0 Å². The molecule has 0 fully saturated rings. The Hall–Kier alpha value is -6.38. The van der Waals surface area contributed by atoms with Gasteiger partial charge in [-0.25, -0.2) is 0 Å². The molecule has 0 aliphatic heterocycles. The van der Waals surface area contributed by atoms with E-state index in [2.05, 4.69) is 169 Å². The first kappa shape index (κ1) is 26.8. The topological polar surface area (TPSA) is 16.4 Å². The third-order valence-electron chi connectivity index (χ3n) is 9.77. The first-order valence-electron chi connectivity index (χ1n) is 16.4. The molecular formula is C46H29NO. The number of nitrogens with zero attached hydrogens (tertiary/aromatic N) is 1. The van der Waals surface area contributed by atoms with Crippen LogP contribution in [0.1, 0.15) is 0 Å². The van der Waals surface area contributed by atoms with Crippen molar-refractivity contribution in [1.82, 2.24) is 0 Å². The Morgan fingerprint density at radius 2 is 1.00 bits per heavy atom. The predicted octanol–water partition coefficient (Wildman–Crippen LogP) is 13.3. The summed E-state index contributed by atoms with van der Waals surface area (Å²) in [6, 6.07) is 63.5. The van der Waals surface area contributed by atoms with Crippen LogP contribution in [0.5, 0.6) is 0 Å². The molecule has 0 saturated heterocycles. The number of hydrogen-bond acceptors (Lipinski definition) is 2. The van der Waals surface area contributed by atoms with Crippen LogP contribution in [-0.4, -0.2) is 0 Å². The summed E-state index contributed by atoms with van der Waals surface area (Å²) < 4.78 is 6.23. The maximum absolute atomic E-state index is 6.23. The molecule has 2 heteroatoms. The summed E-state index contributed by atoms with van der Waals surface area (Å²) in [5.74, 6) is 0. The maximum Gasteiger partial charge on any atom is 0.136 e.